The first-order valence-corrected chi connectivity index (χ1v) is 15.0. The van der Waals surface area contributed by atoms with Crippen molar-refractivity contribution in [2.24, 2.45) is 5.92 Å². The van der Waals surface area contributed by atoms with Gasteiger partial charge in [0.05, 0.1) is 29.9 Å². The van der Waals surface area contributed by atoms with Crippen molar-refractivity contribution < 1.29 is 32.8 Å². The van der Waals surface area contributed by atoms with Gasteiger partial charge < -0.3 is 19.7 Å². The highest BCUT2D eigenvalue weighted by Gasteiger charge is 2.36. The molecule has 14 nitrogen and oxygen atoms in total. The van der Waals surface area contributed by atoms with E-state index in [0.717, 1.165) is 18.5 Å². The van der Waals surface area contributed by atoms with E-state index >= 15 is 0 Å². The number of benzene rings is 1. The number of hydrogen-bond acceptors (Lipinski definition) is 11. The van der Waals surface area contributed by atoms with Crippen LogP contribution in [0.1, 0.15) is 58.3 Å². The molecule has 4 rings (SSSR count). The molecule has 3 aromatic rings. The molecule has 3 heterocycles. The lowest BCUT2D eigenvalue weighted by Crippen LogP contribution is -2.36. The Morgan fingerprint density at radius 3 is 2.66 bits per heavy atom. The molecular weight excluding hydrogens is 555 g/mol. The SMILES string of the molecule is CCC(CC)COC(=O)[C@H](C)NP(=O)(OCC1CCC(c2ccc3c(N)ncnn23)O1)Oc1ccc([N+](=O)[O-])cc1. The lowest BCUT2D eigenvalue weighted by molar-refractivity contribution is -0.384. The van der Waals surface area contributed by atoms with E-state index < -0.39 is 30.8 Å². The van der Waals surface area contributed by atoms with Crippen LogP contribution in [0.3, 0.4) is 0 Å². The topological polar surface area (TPSA) is 182 Å². The van der Waals surface area contributed by atoms with Crippen LogP contribution in [0.15, 0.2) is 42.7 Å². The molecule has 0 aliphatic carbocycles. The highest BCUT2D eigenvalue weighted by atomic mass is 31.2. The van der Waals surface area contributed by atoms with E-state index in [4.69, 9.17) is 24.3 Å². The molecule has 1 aliphatic rings. The van der Waals surface area contributed by atoms with Crippen molar-refractivity contribution in [3.05, 3.63) is 58.5 Å². The minimum atomic E-state index is -4.17. The molecule has 0 amide bonds. The predicted octanol–water partition coefficient (Wildman–Crippen LogP) is 4.60. The number of nitrogens with two attached hydrogens (primary N) is 1. The molecule has 222 valence electrons. The summed E-state index contributed by atoms with van der Waals surface area (Å²) in [5.74, 6) is 0.0310. The number of nitrogens with zero attached hydrogens (tertiary/aromatic N) is 4. The molecule has 3 unspecified atom stereocenters. The Bertz CT molecular complexity index is 1400. The fraction of sp³-hybridized carbons (Fsp3) is 0.500. The minimum absolute atomic E-state index is 0.0613. The van der Waals surface area contributed by atoms with Crippen LogP contribution in [0.2, 0.25) is 0 Å². The normalized spacial score (nSPS) is 19.2. The van der Waals surface area contributed by atoms with Crippen LogP contribution < -0.4 is 15.3 Å². The predicted molar refractivity (Wildman–Crippen MR) is 149 cm³/mol. The summed E-state index contributed by atoms with van der Waals surface area (Å²) in [6.45, 7) is 5.67. The van der Waals surface area contributed by atoms with Gasteiger partial charge in [-0.05, 0) is 49.9 Å². The van der Waals surface area contributed by atoms with E-state index in [1.165, 1.54) is 37.5 Å². The van der Waals surface area contributed by atoms with E-state index in [2.05, 4.69) is 15.2 Å². The molecule has 4 atom stereocenters. The van der Waals surface area contributed by atoms with Gasteiger partial charge in [-0.2, -0.15) is 10.2 Å². The summed E-state index contributed by atoms with van der Waals surface area (Å²) < 4.78 is 38.5. The van der Waals surface area contributed by atoms with Gasteiger partial charge in [-0.15, -0.1) is 0 Å². The third-order valence-electron chi connectivity index (χ3n) is 6.97. The number of carbonyl (C=O) groups excluding carboxylic acids is 1. The number of ether oxygens (including phenoxy) is 2. The number of carbonyl (C=O) groups is 1. The molecule has 0 bridgehead atoms. The number of hydrogen-bond donors (Lipinski definition) is 2. The summed E-state index contributed by atoms with van der Waals surface area (Å²) in [4.78, 5) is 27.1. The fourth-order valence-electron chi connectivity index (χ4n) is 4.44. The smallest absolute Gasteiger partial charge is 0.459 e. The highest BCUT2D eigenvalue weighted by molar-refractivity contribution is 7.52. The maximum absolute atomic E-state index is 13.9. The molecule has 15 heteroatoms. The monoisotopic (exact) mass is 590 g/mol. The lowest BCUT2D eigenvalue weighted by atomic mass is 10.1. The van der Waals surface area contributed by atoms with Gasteiger partial charge in [0, 0.05) is 12.1 Å². The first-order valence-electron chi connectivity index (χ1n) is 13.5. The molecule has 1 fully saturated rings. The maximum Gasteiger partial charge on any atom is 0.459 e. The molecular formula is C26H35N6O8P. The Morgan fingerprint density at radius 2 is 1.98 bits per heavy atom. The lowest BCUT2D eigenvalue weighted by Gasteiger charge is -2.24. The van der Waals surface area contributed by atoms with Crippen molar-refractivity contribution in [2.75, 3.05) is 18.9 Å². The summed E-state index contributed by atoms with van der Waals surface area (Å²) in [7, 11) is -4.17. The van der Waals surface area contributed by atoms with Crippen LogP contribution in [-0.2, 0) is 23.4 Å². The van der Waals surface area contributed by atoms with Crippen LogP contribution >= 0.6 is 7.75 Å². The maximum atomic E-state index is 13.9. The number of aromatic nitrogens is 3. The van der Waals surface area contributed by atoms with E-state index in [-0.39, 0.29) is 36.7 Å². The molecule has 1 aliphatic heterocycles. The average Bonchev–Trinajstić information content (AvgIpc) is 3.60. The van der Waals surface area contributed by atoms with Gasteiger partial charge in [0.2, 0.25) is 0 Å². The van der Waals surface area contributed by atoms with Gasteiger partial charge >= 0.3 is 13.7 Å². The molecule has 0 radical (unpaired) electrons. The molecule has 41 heavy (non-hydrogen) atoms. The molecule has 3 N–H and O–H groups in total. The second kappa shape index (κ2) is 13.4. The van der Waals surface area contributed by atoms with Crippen molar-refractivity contribution in [3.8, 4) is 5.75 Å². The van der Waals surface area contributed by atoms with Crippen molar-refractivity contribution in [1.29, 1.82) is 0 Å². The number of nitro benzene ring substituents is 1. The van der Waals surface area contributed by atoms with Crippen LogP contribution in [0, 0.1) is 16.0 Å². The van der Waals surface area contributed by atoms with E-state index in [1.807, 2.05) is 26.0 Å². The van der Waals surface area contributed by atoms with Gasteiger partial charge in [-0.1, -0.05) is 26.7 Å². The Labute approximate surface area is 237 Å². The number of esters is 1. The summed E-state index contributed by atoms with van der Waals surface area (Å²) >= 11 is 0. The number of anilines is 1. The third kappa shape index (κ3) is 7.59. The standard InChI is InChI=1S/C26H35N6O8P/c1-4-18(5-2)14-37-26(33)17(3)30-41(36,40-20-8-6-19(7-9-20)32(34)35)38-15-21-10-13-24(39-21)22-11-12-23-25(27)28-16-29-31(22)23/h6-9,11-12,16-18,21,24H,4-5,10,13-15H2,1-3H3,(H,30,36)(H2,27,28,29)/t17-,21?,24?,41?/m0/s1. The number of rotatable bonds is 14. The number of non-ortho nitro benzene ring substituents is 1. The summed E-state index contributed by atoms with van der Waals surface area (Å²) in [5.41, 5.74) is 7.25. The van der Waals surface area contributed by atoms with Gasteiger partial charge in [0.1, 0.15) is 29.7 Å². The van der Waals surface area contributed by atoms with E-state index in [0.29, 0.717) is 24.2 Å². The Hall–Kier alpha value is -3.58. The first-order chi connectivity index (χ1) is 19.6. The zero-order chi connectivity index (χ0) is 29.6. The van der Waals surface area contributed by atoms with Crippen molar-refractivity contribution in [2.45, 2.75) is 64.7 Å². The van der Waals surface area contributed by atoms with Crippen LogP contribution in [0.25, 0.3) is 5.52 Å². The van der Waals surface area contributed by atoms with E-state index in [1.54, 1.807) is 4.52 Å². The van der Waals surface area contributed by atoms with Crippen molar-refractivity contribution in [1.82, 2.24) is 19.7 Å². The number of nitrogen functional groups attached to an aromatic ring is 1. The number of fused-ring (bicyclic) bond motifs is 1. The summed E-state index contributed by atoms with van der Waals surface area (Å²) in [6.07, 6.45) is 3.61. The first kappa shape index (κ1) is 30.4. The zero-order valence-corrected chi connectivity index (χ0v) is 24.1. The largest absolute Gasteiger partial charge is 0.464 e. The molecule has 1 saturated heterocycles. The van der Waals surface area contributed by atoms with Gasteiger partial charge in [-0.3, -0.25) is 19.4 Å². The minimum Gasteiger partial charge on any atom is -0.464 e. The van der Waals surface area contributed by atoms with Crippen LogP contribution in [0.4, 0.5) is 11.5 Å². The third-order valence-corrected chi connectivity index (χ3v) is 8.62. The highest BCUT2D eigenvalue weighted by Crippen LogP contribution is 2.46. The number of nitro groups is 1. The second-order valence-corrected chi connectivity index (χ2v) is 11.5. The second-order valence-electron chi connectivity index (χ2n) is 9.82. The molecule has 2 aromatic heterocycles. The zero-order valence-electron chi connectivity index (χ0n) is 23.2. The Kier molecular flexibility index (Phi) is 9.92. The molecule has 0 spiro atoms. The van der Waals surface area contributed by atoms with E-state index in [9.17, 15) is 19.5 Å². The quantitative estimate of drug-likeness (QED) is 0.115. The van der Waals surface area contributed by atoms with Gasteiger partial charge in [0.25, 0.3) is 5.69 Å². The molecule has 1 aromatic carbocycles. The molecule has 0 saturated carbocycles. The average molecular weight is 591 g/mol. The summed E-state index contributed by atoms with van der Waals surface area (Å²) in [6, 6.07) is 7.71. The van der Waals surface area contributed by atoms with Crippen LogP contribution in [-0.4, -0.2) is 50.9 Å². The summed E-state index contributed by atoms with van der Waals surface area (Å²) in [5, 5.41) is 17.9. The van der Waals surface area contributed by atoms with Crippen LogP contribution in [0.5, 0.6) is 5.75 Å². The Balaban J connectivity index is 1.43. The van der Waals surface area contributed by atoms with Crippen molar-refractivity contribution in [3.63, 3.8) is 0 Å². The van der Waals surface area contributed by atoms with Gasteiger partial charge in [0.15, 0.2) is 5.82 Å². The van der Waals surface area contributed by atoms with Crippen molar-refractivity contribution >= 4 is 30.7 Å². The Morgan fingerprint density at radius 1 is 1.24 bits per heavy atom. The fourth-order valence-corrected chi connectivity index (χ4v) is 5.96. The van der Waals surface area contributed by atoms with Gasteiger partial charge in [-0.25, -0.2) is 14.1 Å². The number of nitrogens with one attached hydrogen (secondary N) is 1.